The number of halogens is 3. The third-order valence-electron chi connectivity index (χ3n) is 4.21. The van der Waals surface area contributed by atoms with E-state index in [0.717, 1.165) is 31.4 Å². The second kappa shape index (κ2) is 8.42. The molecule has 1 heterocycles. The highest BCUT2D eigenvalue weighted by Gasteiger charge is 2.31. The number of likely N-dealkylation sites (tertiary alicyclic amines) is 1. The van der Waals surface area contributed by atoms with Crippen molar-refractivity contribution in [2.24, 2.45) is 0 Å². The second-order valence-electron chi connectivity index (χ2n) is 6.62. The van der Waals surface area contributed by atoms with Gasteiger partial charge in [0.25, 0.3) is 0 Å². The molecule has 26 heavy (non-hydrogen) atoms. The molecular formula is C18H24F3N3O2. The van der Waals surface area contributed by atoms with Crippen molar-refractivity contribution in [3.63, 3.8) is 0 Å². The smallest absolute Gasteiger partial charge is 0.352 e. The summed E-state index contributed by atoms with van der Waals surface area (Å²) >= 11 is 0. The van der Waals surface area contributed by atoms with E-state index in [4.69, 9.17) is 0 Å². The Kier molecular flexibility index (Phi) is 6.50. The Morgan fingerprint density at radius 3 is 2.65 bits per heavy atom. The van der Waals surface area contributed by atoms with Gasteiger partial charge in [-0.2, -0.15) is 13.2 Å². The fourth-order valence-corrected chi connectivity index (χ4v) is 3.03. The van der Waals surface area contributed by atoms with Crippen LogP contribution in [0.4, 0.5) is 23.7 Å². The van der Waals surface area contributed by atoms with Crippen LogP contribution < -0.4 is 10.6 Å². The summed E-state index contributed by atoms with van der Waals surface area (Å²) in [4.78, 5) is 25.7. The summed E-state index contributed by atoms with van der Waals surface area (Å²) in [6.45, 7) is 4.31. The van der Waals surface area contributed by atoms with Crippen molar-refractivity contribution in [2.75, 3.05) is 18.4 Å². The number of benzene rings is 1. The molecule has 0 bridgehead atoms. The number of nitrogens with one attached hydrogen (secondary N) is 2. The number of rotatable bonds is 4. The largest absolute Gasteiger partial charge is 0.416 e. The van der Waals surface area contributed by atoms with Crippen molar-refractivity contribution >= 4 is 17.6 Å². The van der Waals surface area contributed by atoms with Gasteiger partial charge in [-0.1, -0.05) is 6.92 Å². The lowest BCUT2D eigenvalue weighted by molar-refractivity contribution is -0.137. The number of carbonyl (C=O) groups is 2. The van der Waals surface area contributed by atoms with Crippen molar-refractivity contribution < 1.29 is 22.8 Å². The third kappa shape index (κ3) is 5.64. The van der Waals surface area contributed by atoms with E-state index in [1.807, 2.05) is 6.92 Å². The van der Waals surface area contributed by atoms with Gasteiger partial charge in [0, 0.05) is 31.2 Å². The van der Waals surface area contributed by atoms with Crippen LogP contribution in [0.1, 0.15) is 43.7 Å². The van der Waals surface area contributed by atoms with Crippen molar-refractivity contribution in [3.05, 3.63) is 29.3 Å². The third-order valence-corrected chi connectivity index (χ3v) is 4.21. The van der Waals surface area contributed by atoms with E-state index in [1.165, 1.54) is 11.0 Å². The molecule has 0 saturated carbocycles. The van der Waals surface area contributed by atoms with Crippen molar-refractivity contribution in [1.29, 1.82) is 0 Å². The molecule has 0 spiro atoms. The fraction of sp³-hybridized carbons (Fsp3) is 0.556. The minimum atomic E-state index is -4.47. The molecule has 1 aliphatic heterocycles. The van der Waals surface area contributed by atoms with Gasteiger partial charge in [0.15, 0.2) is 0 Å². The van der Waals surface area contributed by atoms with Crippen LogP contribution in [0.25, 0.3) is 0 Å². The zero-order chi connectivity index (χ0) is 19.3. The summed E-state index contributed by atoms with van der Waals surface area (Å²) in [5.74, 6) is -0.0479. The van der Waals surface area contributed by atoms with Gasteiger partial charge in [0.05, 0.1) is 5.56 Å². The van der Waals surface area contributed by atoms with Gasteiger partial charge >= 0.3 is 12.2 Å². The molecule has 0 radical (unpaired) electrons. The molecule has 8 heteroatoms. The van der Waals surface area contributed by atoms with E-state index in [1.54, 1.807) is 6.92 Å². The summed E-state index contributed by atoms with van der Waals surface area (Å²) in [6.07, 6.45) is -1.77. The topological polar surface area (TPSA) is 61.4 Å². The molecule has 0 aliphatic carbocycles. The van der Waals surface area contributed by atoms with E-state index in [-0.39, 0.29) is 17.6 Å². The number of carbonyl (C=O) groups excluding carboxylic acids is 2. The van der Waals surface area contributed by atoms with Crippen LogP contribution in [0.5, 0.6) is 0 Å². The molecule has 0 unspecified atom stereocenters. The summed E-state index contributed by atoms with van der Waals surface area (Å²) in [6, 6.07) is 2.87. The zero-order valence-electron chi connectivity index (χ0n) is 14.9. The highest BCUT2D eigenvalue weighted by atomic mass is 19.4. The van der Waals surface area contributed by atoms with Crippen molar-refractivity contribution in [3.8, 4) is 0 Å². The highest BCUT2D eigenvalue weighted by molar-refractivity contribution is 5.89. The molecule has 1 aromatic rings. The van der Waals surface area contributed by atoms with E-state index in [0.29, 0.717) is 25.1 Å². The summed E-state index contributed by atoms with van der Waals surface area (Å²) < 4.78 is 38.7. The average Bonchev–Trinajstić information content (AvgIpc) is 2.54. The van der Waals surface area contributed by atoms with E-state index >= 15 is 0 Å². The Morgan fingerprint density at radius 1 is 1.27 bits per heavy atom. The molecule has 2 rings (SSSR count). The van der Waals surface area contributed by atoms with Gasteiger partial charge in [0.1, 0.15) is 0 Å². The molecule has 1 saturated heterocycles. The molecule has 1 aliphatic rings. The number of hydrogen-bond acceptors (Lipinski definition) is 2. The van der Waals surface area contributed by atoms with Gasteiger partial charge in [-0.05, 0) is 49.9 Å². The number of nitrogens with zero attached hydrogens (tertiary/aromatic N) is 1. The fourth-order valence-electron chi connectivity index (χ4n) is 3.03. The predicted octanol–water partition coefficient (Wildman–Crippen LogP) is 3.93. The van der Waals surface area contributed by atoms with E-state index in [9.17, 15) is 22.8 Å². The maximum absolute atomic E-state index is 12.9. The van der Waals surface area contributed by atoms with Gasteiger partial charge in [0.2, 0.25) is 5.91 Å². The number of amides is 3. The van der Waals surface area contributed by atoms with Crippen LogP contribution in [0.3, 0.4) is 0 Å². The first-order valence-electron chi connectivity index (χ1n) is 8.73. The minimum absolute atomic E-state index is 0.0479. The molecule has 144 valence electrons. The summed E-state index contributed by atoms with van der Waals surface area (Å²) in [5.41, 5.74) is -0.269. The average molecular weight is 371 g/mol. The van der Waals surface area contributed by atoms with Gasteiger partial charge in [-0.3, -0.25) is 4.79 Å². The quantitative estimate of drug-likeness (QED) is 0.843. The summed E-state index contributed by atoms with van der Waals surface area (Å²) in [7, 11) is 0. The predicted molar refractivity (Wildman–Crippen MR) is 92.8 cm³/mol. The first-order chi connectivity index (χ1) is 12.2. The van der Waals surface area contributed by atoms with Crippen molar-refractivity contribution in [1.82, 2.24) is 10.2 Å². The Balaban J connectivity index is 2.01. The van der Waals surface area contributed by atoms with E-state index in [2.05, 4.69) is 10.6 Å². The van der Waals surface area contributed by atoms with Crippen LogP contribution >= 0.6 is 0 Å². The van der Waals surface area contributed by atoms with Gasteiger partial charge < -0.3 is 15.5 Å². The van der Waals surface area contributed by atoms with Gasteiger partial charge in [-0.15, -0.1) is 0 Å². The first-order valence-corrected chi connectivity index (χ1v) is 8.73. The zero-order valence-corrected chi connectivity index (χ0v) is 14.9. The monoisotopic (exact) mass is 371 g/mol. The lowest BCUT2D eigenvalue weighted by atomic mass is 10.1. The number of aryl methyl sites for hydroxylation is 1. The van der Waals surface area contributed by atoms with Crippen LogP contribution in [0.15, 0.2) is 18.2 Å². The standard InChI is InChI=1S/C18H24F3N3O2/c1-3-5-16(25)22-14-6-4-7-24(11-14)17(26)23-15-9-12(2)8-13(10-15)18(19,20)21/h8-10,14H,3-7,11H2,1-2H3,(H,22,25)(H,23,26)/t14-/m1/s1. The number of urea groups is 1. The molecule has 5 nitrogen and oxygen atoms in total. The number of piperidine rings is 1. The number of anilines is 1. The van der Waals surface area contributed by atoms with Crippen LogP contribution in [-0.2, 0) is 11.0 Å². The second-order valence-corrected chi connectivity index (χ2v) is 6.62. The van der Waals surface area contributed by atoms with E-state index < -0.39 is 17.8 Å². The number of hydrogen-bond donors (Lipinski definition) is 2. The Bertz CT molecular complexity index is 662. The highest BCUT2D eigenvalue weighted by Crippen LogP contribution is 2.32. The lowest BCUT2D eigenvalue weighted by Gasteiger charge is -2.33. The molecule has 1 fully saturated rings. The van der Waals surface area contributed by atoms with Gasteiger partial charge in [-0.25, -0.2) is 4.79 Å². The SMILES string of the molecule is CCCC(=O)N[C@@H]1CCCN(C(=O)Nc2cc(C)cc(C(F)(F)F)c2)C1. The maximum Gasteiger partial charge on any atom is 0.416 e. The molecule has 3 amide bonds. The minimum Gasteiger partial charge on any atom is -0.352 e. The molecular weight excluding hydrogens is 347 g/mol. The Labute approximate surface area is 150 Å². The van der Waals surface area contributed by atoms with Crippen LogP contribution in [-0.4, -0.2) is 36.0 Å². The van der Waals surface area contributed by atoms with Crippen molar-refractivity contribution in [2.45, 2.75) is 51.7 Å². The lowest BCUT2D eigenvalue weighted by Crippen LogP contribution is -2.50. The normalized spacial score (nSPS) is 17.7. The van der Waals surface area contributed by atoms with Crippen LogP contribution in [0.2, 0.25) is 0 Å². The maximum atomic E-state index is 12.9. The molecule has 0 aromatic heterocycles. The molecule has 1 atom stereocenters. The number of alkyl halides is 3. The van der Waals surface area contributed by atoms with Crippen LogP contribution in [0, 0.1) is 6.92 Å². The molecule has 1 aromatic carbocycles. The Morgan fingerprint density at radius 2 is 2.00 bits per heavy atom. The molecule has 2 N–H and O–H groups in total. The Hall–Kier alpha value is -2.25. The first kappa shape index (κ1) is 20.1. The summed E-state index contributed by atoms with van der Waals surface area (Å²) in [5, 5.41) is 5.44.